The van der Waals surface area contributed by atoms with E-state index < -0.39 is 4.92 Å². The van der Waals surface area contributed by atoms with Crippen LogP contribution in [0.3, 0.4) is 0 Å². The van der Waals surface area contributed by atoms with Crippen LogP contribution in [0.25, 0.3) is 0 Å². The Balaban J connectivity index is 2.32. The predicted molar refractivity (Wildman–Crippen MR) is 75.1 cm³/mol. The Bertz CT molecular complexity index is 661. The van der Waals surface area contributed by atoms with Gasteiger partial charge in [0.05, 0.1) is 15.5 Å². The molecule has 1 heterocycles. The molecule has 1 amide bonds. The van der Waals surface area contributed by atoms with Crippen molar-refractivity contribution in [2.24, 2.45) is 0 Å². The molecule has 7 heteroatoms. The minimum absolute atomic E-state index is 0.0342. The highest BCUT2D eigenvalue weighted by Crippen LogP contribution is 2.24. The first-order chi connectivity index (χ1) is 9.50. The smallest absolute Gasteiger partial charge is 0.270 e. The van der Waals surface area contributed by atoms with E-state index in [1.165, 1.54) is 17.0 Å². The van der Waals surface area contributed by atoms with Crippen molar-refractivity contribution >= 4 is 29.0 Å². The topological polar surface area (TPSA) is 76.3 Å². The number of carbonyl (C=O) groups excluding carboxylic acids is 1. The van der Waals surface area contributed by atoms with E-state index in [-0.39, 0.29) is 22.2 Å². The molecule has 0 saturated heterocycles. The maximum atomic E-state index is 12.3. The first-order valence-electron chi connectivity index (χ1n) is 5.63. The van der Waals surface area contributed by atoms with Crippen molar-refractivity contribution in [2.75, 3.05) is 11.9 Å². The average molecular weight is 292 g/mol. The van der Waals surface area contributed by atoms with E-state index in [1.807, 2.05) is 0 Å². The molecule has 2 rings (SSSR count). The molecule has 0 spiro atoms. The number of rotatable bonds is 3. The zero-order valence-electron chi connectivity index (χ0n) is 10.5. The van der Waals surface area contributed by atoms with Crippen LogP contribution in [0.15, 0.2) is 42.6 Å². The largest absolute Gasteiger partial charge is 0.296 e. The number of aromatic nitrogens is 1. The fourth-order valence-corrected chi connectivity index (χ4v) is 1.88. The Kier molecular flexibility index (Phi) is 3.95. The number of nitrogens with zero attached hydrogens (tertiary/aromatic N) is 3. The second-order valence-corrected chi connectivity index (χ2v) is 4.38. The standard InChI is InChI=1S/C13H10ClN3O3/c1-16(12-4-2-3-7-15-12)13(18)10-6-5-9(17(19)20)8-11(10)14/h2-8H,1H3. The highest BCUT2D eigenvalue weighted by atomic mass is 35.5. The molecular formula is C13H10ClN3O3. The molecular weight excluding hydrogens is 282 g/mol. The molecule has 0 bridgehead atoms. The molecule has 6 nitrogen and oxygen atoms in total. The molecule has 0 atom stereocenters. The van der Waals surface area contributed by atoms with E-state index in [9.17, 15) is 14.9 Å². The lowest BCUT2D eigenvalue weighted by molar-refractivity contribution is -0.384. The fraction of sp³-hybridized carbons (Fsp3) is 0.0769. The molecule has 0 N–H and O–H groups in total. The molecule has 20 heavy (non-hydrogen) atoms. The molecule has 1 aromatic carbocycles. The summed E-state index contributed by atoms with van der Waals surface area (Å²) in [5.41, 5.74) is 0.0254. The van der Waals surface area contributed by atoms with Gasteiger partial charge in [-0.05, 0) is 18.2 Å². The minimum Gasteiger partial charge on any atom is -0.296 e. The highest BCUT2D eigenvalue weighted by Gasteiger charge is 2.19. The second-order valence-electron chi connectivity index (χ2n) is 3.97. The van der Waals surface area contributed by atoms with Gasteiger partial charge in [0.1, 0.15) is 5.82 Å². The van der Waals surface area contributed by atoms with Gasteiger partial charge in [-0.3, -0.25) is 19.8 Å². The van der Waals surface area contributed by atoms with Crippen molar-refractivity contribution in [1.82, 2.24) is 4.98 Å². The summed E-state index contributed by atoms with van der Waals surface area (Å²) in [4.78, 5) is 27.7. The molecule has 0 fully saturated rings. The number of nitro groups is 1. The van der Waals surface area contributed by atoms with Gasteiger partial charge >= 0.3 is 0 Å². The molecule has 102 valence electrons. The number of hydrogen-bond donors (Lipinski definition) is 0. The van der Waals surface area contributed by atoms with Gasteiger partial charge in [0, 0.05) is 25.4 Å². The third-order valence-electron chi connectivity index (χ3n) is 2.69. The van der Waals surface area contributed by atoms with Gasteiger partial charge in [-0.15, -0.1) is 0 Å². The van der Waals surface area contributed by atoms with E-state index in [4.69, 9.17) is 11.6 Å². The van der Waals surface area contributed by atoms with Crippen LogP contribution in [0.5, 0.6) is 0 Å². The Labute approximate surface area is 119 Å². The van der Waals surface area contributed by atoms with Crippen molar-refractivity contribution in [3.8, 4) is 0 Å². The van der Waals surface area contributed by atoms with Crippen molar-refractivity contribution in [2.45, 2.75) is 0 Å². The normalized spacial score (nSPS) is 10.1. The molecule has 1 aromatic heterocycles. The van der Waals surface area contributed by atoms with E-state index >= 15 is 0 Å². The number of halogens is 1. The summed E-state index contributed by atoms with van der Waals surface area (Å²) in [7, 11) is 1.56. The maximum absolute atomic E-state index is 12.3. The number of benzene rings is 1. The van der Waals surface area contributed by atoms with Crippen LogP contribution in [0.2, 0.25) is 5.02 Å². The zero-order chi connectivity index (χ0) is 14.7. The van der Waals surface area contributed by atoms with Crippen LogP contribution in [0.4, 0.5) is 11.5 Å². The number of amides is 1. The molecule has 0 aliphatic rings. The summed E-state index contributed by atoms with van der Waals surface area (Å²) < 4.78 is 0. The van der Waals surface area contributed by atoms with E-state index in [2.05, 4.69) is 4.98 Å². The number of pyridine rings is 1. The highest BCUT2D eigenvalue weighted by molar-refractivity contribution is 6.34. The van der Waals surface area contributed by atoms with E-state index in [1.54, 1.807) is 31.4 Å². The van der Waals surface area contributed by atoms with Gasteiger partial charge in [-0.2, -0.15) is 0 Å². The molecule has 0 saturated carbocycles. The van der Waals surface area contributed by atoms with Gasteiger partial charge in [-0.25, -0.2) is 4.98 Å². The van der Waals surface area contributed by atoms with Crippen molar-refractivity contribution in [3.63, 3.8) is 0 Å². The van der Waals surface area contributed by atoms with Crippen LogP contribution >= 0.6 is 11.6 Å². The van der Waals surface area contributed by atoms with Gasteiger partial charge in [0.25, 0.3) is 11.6 Å². The Morgan fingerprint density at radius 1 is 1.35 bits per heavy atom. The van der Waals surface area contributed by atoms with Gasteiger partial charge < -0.3 is 0 Å². The predicted octanol–water partition coefficient (Wildman–Crippen LogP) is 2.92. The number of hydrogen-bond acceptors (Lipinski definition) is 4. The van der Waals surface area contributed by atoms with Crippen LogP contribution < -0.4 is 4.90 Å². The van der Waals surface area contributed by atoms with Crippen LogP contribution in [-0.2, 0) is 0 Å². The van der Waals surface area contributed by atoms with E-state index in [0.29, 0.717) is 5.82 Å². The monoisotopic (exact) mass is 291 g/mol. The van der Waals surface area contributed by atoms with Crippen molar-refractivity contribution in [3.05, 3.63) is 63.3 Å². The molecule has 0 aliphatic carbocycles. The van der Waals surface area contributed by atoms with Crippen LogP contribution in [0, 0.1) is 10.1 Å². The summed E-state index contributed by atoms with van der Waals surface area (Å²) in [6.07, 6.45) is 1.57. The fourth-order valence-electron chi connectivity index (χ4n) is 1.63. The summed E-state index contributed by atoms with van der Waals surface area (Å²) in [5, 5.41) is 10.7. The molecule has 0 unspecified atom stereocenters. The summed E-state index contributed by atoms with van der Waals surface area (Å²) >= 11 is 5.93. The summed E-state index contributed by atoms with van der Waals surface area (Å²) in [6.45, 7) is 0. The van der Waals surface area contributed by atoms with Crippen LogP contribution in [-0.4, -0.2) is 22.9 Å². The number of anilines is 1. The Morgan fingerprint density at radius 2 is 2.10 bits per heavy atom. The van der Waals surface area contributed by atoms with Crippen LogP contribution in [0.1, 0.15) is 10.4 Å². The lowest BCUT2D eigenvalue weighted by Crippen LogP contribution is -2.27. The first kappa shape index (κ1) is 14.0. The lowest BCUT2D eigenvalue weighted by Gasteiger charge is -2.16. The van der Waals surface area contributed by atoms with Gasteiger partial charge in [0.15, 0.2) is 0 Å². The molecule has 2 aromatic rings. The Hall–Kier alpha value is -2.47. The Morgan fingerprint density at radius 3 is 2.65 bits per heavy atom. The third-order valence-corrected chi connectivity index (χ3v) is 3.00. The first-order valence-corrected chi connectivity index (χ1v) is 6.01. The maximum Gasteiger partial charge on any atom is 0.270 e. The summed E-state index contributed by atoms with van der Waals surface area (Å²) in [6, 6.07) is 8.90. The number of non-ortho nitro benzene ring substituents is 1. The average Bonchev–Trinajstić information content (AvgIpc) is 2.46. The summed E-state index contributed by atoms with van der Waals surface area (Å²) in [5.74, 6) is 0.0792. The SMILES string of the molecule is CN(C(=O)c1ccc([N+](=O)[O-])cc1Cl)c1ccccn1. The van der Waals surface area contributed by atoms with Gasteiger partial charge in [-0.1, -0.05) is 17.7 Å². The second kappa shape index (κ2) is 5.66. The molecule has 0 aliphatic heterocycles. The molecule has 0 radical (unpaired) electrons. The van der Waals surface area contributed by atoms with Crippen molar-refractivity contribution in [1.29, 1.82) is 0 Å². The van der Waals surface area contributed by atoms with Crippen molar-refractivity contribution < 1.29 is 9.72 Å². The zero-order valence-corrected chi connectivity index (χ0v) is 11.2. The van der Waals surface area contributed by atoms with E-state index in [0.717, 1.165) is 6.07 Å². The lowest BCUT2D eigenvalue weighted by atomic mass is 10.2. The number of carbonyl (C=O) groups is 1. The van der Waals surface area contributed by atoms with Gasteiger partial charge in [0.2, 0.25) is 0 Å². The quantitative estimate of drug-likeness (QED) is 0.643. The minimum atomic E-state index is -0.567. The third kappa shape index (κ3) is 2.75. The number of nitro benzene ring substituents is 1.